The molecule has 0 spiro atoms. The molecule has 7 heteroatoms. The number of aliphatic imine (C=N–C) groups is 1. The molecule has 0 saturated heterocycles. The lowest BCUT2D eigenvalue weighted by Gasteiger charge is -2.14. The summed E-state index contributed by atoms with van der Waals surface area (Å²) in [5.41, 5.74) is 0.799. The van der Waals surface area contributed by atoms with Gasteiger partial charge in [-0.15, -0.1) is 24.0 Å². The van der Waals surface area contributed by atoms with Crippen molar-refractivity contribution in [2.45, 2.75) is 32.3 Å². The molecular weight excluding hydrogens is 445 g/mol. The first-order chi connectivity index (χ1) is 12.2. The normalized spacial score (nSPS) is 15.1. The average molecular weight is 477 g/mol. The molecule has 148 valence electrons. The van der Waals surface area contributed by atoms with Gasteiger partial charge < -0.3 is 25.2 Å². The number of nitrogens with one attached hydrogen (secondary N) is 2. The van der Waals surface area contributed by atoms with E-state index in [4.69, 9.17) is 9.47 Å². The molecule has 0 radical (unpaired) electrons. The number of aliphatic hydroxyl groups is 1. The molecule has 26 heavy (non-hydrogen) atoms. The van der Waals surface area contributed by atoms with Crippen LogP contribution in [0.5, 0.6) is 5.75 Å². The van der Waals surface area contributed by atoms with Crippen molar-refractivity contribution in [2.24, 2.45) is 10.9 Å². The van der Waals surface area contributed by atoms with Crippen molar-refractivity contribution in [1.29, 1.82) is 0 Å². The minimum Gasteiger partial charge on any atom is -0.497 e. The van der Waals surface area contributed by atoms with E-state index in [9.17, 15) is 5.11 Å². The molecule has 0 heterocycles. The van der Waals surface area contributed by atoms with Gasteiger partial charge in [-0.2, -0.15) is 0 Å². The van der Waals surface area contributed by atoms with Gasteiger partial charge in [-0.1, -0.05) is 12.1 Å². The minimum atomic E-state index is -0.660. The number of methoxy groups -OCH3 is 1. The van der Waals surface area contributed by atoms with Crippen molar-refractivity contribution >= 4 is 29.9 Å². The molecule has 1 aromatic rings. The topological polar surface area (TPSA) is 75.1 Å². The van der Waals surface area contributed by atoms with Crippen LogP contribution < -0.4 is 15.4 Å². The molecule has 1 aliphatic carbocycles. The van der Waals surface area contributed by atoms with Crippen LogP contribution in [0.4, 0.5) is 0 Å². The number of nitrogens with zero attached hydrogens (tertiary/aromatic N) is 1. The molecule has 1 aromatic carbocycles. The molecule has 3 N–H and O–H groups in total. The number of guanidine groups is 1. The number of halogens is 1. The number of benzene rings is 1. The Labute approximate surface area is 173 Å². The van der Waals surface area contributed by atoms with Gasteiger partial charge in [0, 0.05) is 26.3 Å². The van der Waals surface area contributed by atoms with Crippen molar-refractivity contribution < 1.29 is 14.6 Å². The van der Waals surface area contributed by atoms with Crippen LogP contribution in [-0.2, 0) is 4.74 Å². The minimum absolute atomic E-state index is 0. The van der Waals surface area contributed by atoms with Gasteiger partial charge in [0.25, 0.3) is 0 Å². The molecule has 1 atom stereocenters. The quantitative estimate of drug-likeness (QED) is 0.198. The molecular formula is C19H32IN3O3. The van der Waals surface area contributed by atoms with Crippen molar-refractivity contribution in [3.8, 4) is 5.75 Å². The Balaban J connectivity index is 0.00000338. The van der Waals surface area contributed by atoms with Gasteiger partial charge in [-0.25, -0.2) is 0 Å². The first-order valence-electron chi connectivity index (χ1n) is 9.15. The zero-order valence-corrected chi connectivity index (χ0v) is 18.1. The van der Waals surface area contributed by atoms with Gasteiger partial charge >= 0.3 is 0 Å². The Hall–Kier alpha value is -1.06. The fraction of sp³-hybridized carbons (Fsp3) is 0.632. The van der Waals surface area contributed by atoms with Crippen LogP contribution in [0.3, 0.4) is 0 Å². The Morgan fingerprint density at radius 3 is 2.85 bits per heavy atom. The SMILES string of the molecule is CCNC(=NCC(O)c1cccc(OC)c1)NCCCOCC1CC1.I. The molecule has 1 aliphatic rings. The third-order valence-corrected chi connectivity index (χ3v) is 4.05. The summed E-state index contributed by atoms with van der Waals surface area (Å²) in [6.07, 6.45) is 2.93. The van der Waals surface area contributed by atoms with Crippen molar-refractivity contribution in [3.05, 3.63) is 29.8 Å². The Kier molecular flexibility index (Phi) is 11.6. The largest absolute Gasteiger partial charge is 0.497 e. The Morgan fingerprint density at radius 2 is 2.15 bits per heavy atom. The number of rotatable bonds is 11. The highest BCUT2D eigenvalue weighted by Gasteiger charge is 2.20. The third-order valence-electron chi connectivity index (χ3n) is 4.05. The highest BCUT2D eigenvalue weighted by atomic mass is 127. The van der Waals surface area contributed by atoms with E-state index in [-0.39, 0.29) is 24.0 Å². The molecule has 0 aromatic heterocycles. The van der Waals surface area contributed by atoms with Gasteiger partial charge in [0.1, 0.15) is 5.75 Å². The molecule has 1 fully saturated rings. The molecule has 2 rings (SSSR count). The first kappa shape index (κ1) is 23.0. The maximum Gasteiger partial charge on any atom is 0.191 e. The highest BCUT2D eigenvalue weighted by Crippen LogP contribution is 2.28. The summed E-state index contributed by atoms with van der Waals surface area (Å²) >= 11 is 0. The maximum absolute atomic E-state index is 10.3. The highest BCUT2D eigenvalue weighted by molar-refractivity contribution is 14.0. The number of ether oxygens (including phenoxy) is 2. The van der Waals surface area contributed by atoms with Gasteiger partial charge in [0.05, 0.1) is 19.8 Å². The zero-order valence-electron chi connectivity index (χ0n) is 15.7. The fourth-order valence-electron chi connectivity index (χ4n) is 2.39. The Bertz CT molecular complexity index is 539. The van der Waals surface area contributed by atoms with E-state index in [1.165, 1.54) is 12.8 Å². The van der Waals surface area contributed by atoms with E-state index in [0.29, 0.717) is 12.5 Å². The van der Waals surface area contributed by atoms with E-state index in [2.05, 4.69) is 15.6 Å². The summed E-state index contributed by atoms with van der Waals surface area (Å²) in [5.74, 6) is 2.26. The van der Waals surface area contributed by atoms with Gasteiger partial charge in [0.2, 0.25) is 0 Å². The van der Waals surface area contributed by atoms with Gasteiger partial charge in [-0.3, -0.25) is 4.99 Å². The first-order valence-corrected chi connectivity index (χ1v) is 9.15. The number of hydrogen-bond donors (Lipinski definition) is 3. The van der Waals surface area contributed by atoms with Crippen LogP contribution in [0.1, 0.15) is 37.9 Å². The standard InChI is InChI=1S/C19H31N3O3.HI/c1-3-20-19(21-10-5-11-25-14-15-8-9-15)22-13-18(23)16-6-4-7-17(12-16)24-2;/h4,6-7,12,15,18,23H,3,5,8-11,13-14H2,1-2H3,(H2,20,21,22);1H. The smallest absolute Gasteiger partial charge is 0.191 e. The van der Waals surface area contributed by atoms with Crippen LogP contribution >= 0.6 is 24.0 Å². The predicted molar refractivity (Wildman–Crippen MR) is 116 cm³/mol. The summed E-state index contributed by atoms with van der Waals surface area (Å²) < 4.78 is 10.8. The third kappa shape index (κ3) is 9.05. The summed E-state index contributed by atoms with van der Waals surface area (Å²) in [5, 5.41) is 16.8. The molecule has 1 saturated carbocycles. The second kappa shape index (κ2) is 13.2. The van der Waals surface area contributed by atoms with E-state index in [1.54, 1.807) is 7.11 Å². The van der Waals surface area contributed by atoms with E-state index in [0.717, 1.165) is 50.0 Å². The molecule has 6 nitrogen and oxygen atoms in total. The fourth-order valence-corrected chi connectivity index (χ4v) is 2.39. The van der Waals surface area contributed by atoms with Crippen LogP contribution in [0, 0.1) is 5.92 Å². The molecule has 1 unspecified atom stereocenters. The summed E-state index contributed by atoms with van der Waals surface area (Å²) in [7, 11) is 1.62. The van der Waals surface area contributed by atoms with Crippen molar-refractivity contribution in [3.63, 3.8) is 0 Å². The van der Waals surface area contributed by atoms with E-state index < -0.39 is 6.10 Å². The zero-order chi connectivity index (χ0) is 17.9. The summed E-state index contributed by atoms with van der Waals surface area (Å²) in [6, 6.07) is 7.43. The van der Waals surface area contributed by atoms with Gasteiger partial charge in [0.15, 0.2) is 5.96 Å². The van der Waals surface area contributed by atoms with Gasteiger partial charge in [-0.05, 0) is 49.8 Å². The van der Waals surface area contributed by atoms with Crippen LogP contribution in [0.15, 0.2) is 29.3 Å². The van der Waals surface area contributed by atoms with E-state index >= 15 is 0 Å². The lowest BCUT2D eigenvalue weighted by molar-refractivity contribution is 0.123. The second-order valence-corrected chi connectivity index (χ2v) is 6.31. The van der Waals surface area contributed by atoms with Crippen LogP contribution in [-0.4, -0.2) is 51.0 Å². The monoisotopic (exact) mass is 477 g/mol. The van der Waals surface area contributed by atoms with Crippen molar-refractivity contribution in [2.75, 3.05) is 40.0 Å². The Morgan fingerprint density at radius 1 is 1.35 bits per heavy atom. The lowest BCUT2D eigenvalue weighted by atomic mass is 10.1. The second-order valence-electron chi connectivity index (χ2n) is 6.31. The van der Waals surface area contributed by atoms with Crippen LogP contribution in [0.2, 0.25) is 0 Å². The predicted octanol–water partition coefficient (Wildman–Crippen LogP) is 2.72. The maximum atomic E-state index is 10.3. The lowest BCUT2D eigenvalue weighted by Crippen LogP contribution is -2.38. The molecule has 0 aliphatic heterocycles. The number of hydrogen-bond acceptors (Lipinski definition) is 4. The summed E-state index contributed by atoms with van der Waals surface area (Å²) in [4.78, 5) is 4.46. The summed E-state index contributed by atoms with van der Waals surface area (Å²) in [6.45, 7) is 5.57. The van der Waals surface area contributed by atoms with Crippen molar-refractivity contribution in [1.82, 2.24) is 10.6 Å². The number of aliphatic hydroxyl groups excluding tert-OH is 1. The molecule has 0 amide bonds. The van der Waals surface area contributed by atoms with E-state index in [1.807, 2.05) is 31.2 Å². The molecule has 0 bridgehead atoms. The van der Waals surface area contributed by atoms with Crippen LogP contribution in [0.25, 0.3) is 0 Å². The average Bonchev–Trinajstić information content (AvgIpc) is 3.46.